The smallest absolute Gasteiger partial charge is 0.330 e. The van der Waals surface area contributed by atoms with Gasteiger partial charge in [-0.3, -0.25) is 4.79 Å². The van der Waals surface area contributed by atoms with Crippen LogP contribution >= 0.6 is 24.3 Å². The molecule has 0 aliphatic rings. The van der Waals surface area contributed by atoms with Gasteiger partial charge in [0.1, 0.15) is 0 Å². The second-order valence-corrected chi connectivity index (χ2v) is 6.84. The topological polar surface area (TPSA) is 51.3 Å². The molecule has 0 aliphatic heterocycles. The molecular formula is C14H15BrF2NO3P. The summed E-state index contributed by atoms with van der Waals surface area (Å²) in [6.07, 6.45) is 1.48. The van der Waals surface area contributed by atoms with Gasteiger partial charge in [-0.05, 0) is 36.8 Å². The maximum Gasteiger partial charge on any atom is 0.340 e. The Kier molecular flexibility index (Phi) is 5.66. The van der Waals surface area contributed by atoms with Gasteiger partial charge in [-0.25, -0.2) is 0 Å². The molecule has 0 spiro atoms. The minimum Gasteiger partial charge on any atom is -0.330 e. The van der Waals surface area contributed by atoms with Crippen molar-refractivity contribution in [3.05, 3.63) is 44.8 Å². The number of benzene rings is 1. The fraction of sp³-hybridized carbons (Fsp3) is 0.357. The van der Waals surface area contributed by atoms with E-state index < -0.39 is 14.0 Å². The molecule has 0 aliphatic carbocycles. The van der Waals surface area contributed by atoms with Gasteiger partial charge < -0.3 is 14.0 Å². The van der Waals surface area contributed by atoms with Gasteiger partial charge in [0.05, 0.1) is 13.2 Å². The molecule has 0 bridgehead atoms. The summed E-state index contributed by atoms with van der Waals surface area (Å²) in [6.45, 7) is 3.54. The summed E-state index contributed by atoms with van der Waals surface area (Å²) in [7, 11) is -2.41. The van der Waals surface area contributed by atoms with Crippen LogP contribution in [0.5, 0.6) is 0 Å². The fourth-order valence-corrected chi connectivity index (χ4v) is 3.96. The summed E-state index contributed by atoms with van der Waals surface area (Å²) in [6, 6.07) is 4.12. The first kappa shape index (κ1) is 17.5. The second kappa shape index (κ2) is 7.13. The molecule has 0 amide bonds. The number of pyridine rings is 1. The molecule has 22 heavy (non-hydrogen) atoms. The number of halogens is 3. The average molecular weight is 394 g/mol. The SMILES string of the molecule is CCOP(OCC)C(F)(F)c1cc2cc(=O)[nH]cc2cc1Br. The summed E-state index contributed by atoms with van der Waals surface area (Å²) in [4.78, 5) is 13.9. The van der Waals surface area contributed by atoms with E-state index in [0.717, 1.165) is 0 Å². The maximum atomic E-state index is 14.7. The van der Waals surface area contributed by atoms with Crippen molar-refractivity contribution in [1.29, 1.82) is 0 Å². The largest absolute Gasteiger partial charge is 0.340 e. The van der Waals surface area contributed by atoms with E-state index in [1.54, 1.807) is 19.9 Å². The van der Waals surface area contributed by atoms with Crippen LogP contribution in [0.3, 0.4) is 0 Å². The fourth-order valence-electron chi connectivity index (χ4n) is 1.95. The van der Waals surface area contributed by atoms with E-state index in [1.165, 1.54) is 18.3 Å². The van der Waals surface area contributed by atoms with Crippen molar-refractivity contribution in [3.63, 3.8) is 0 Å². The normalized spacial score (nSPS) is 12.3. The molecule has 0 unspecified atom stereocenters. The molecule has 2 aromatic rings. The van der Waals surface area contributed by atoms with Crippen LogP contribution in [0.2, 0.25) is 0 Å². The number of aromatic nitrogens is 1. The summed E-state index contributed by atoms with van der Waals surface area (Å²) in [5, 5.41) is 1.09. The third kappa shape index (κ3) is 3.54. The summed E-state index contributed by atoms with van der Waals surface area (Å²) in [5.41, 5.74) is -3.89. The molecule has 0 fully saturated rings. The van der Waals surface area contributed by atoms with E-state index in [-0.39, 0.29) is 28.8 Å². The van der Waals surface area contributed by atoms with Crippen molar-refractivity contribution in [3.8, 4) is 0 Å². The van der Waals surface area contributed by atoms with Gasteiger partial charge in [-0.2, -0.15) is 8.78 Å². The van der Waals surface area contributed by atoms with Gasteiger partial charge in [0.25, 0.3) is 8.38 Å². The van der Waals surface area contributed by atoms with Crippen LogP contribution in [0.15, 0.2) is 33.7 Å². The average Bonchev–Trinajstić information content (AvgIpc) is 2.46. The first-order valence-electron chi connectivity index (χ1n) is 6.66. The van der Waals surface area contributed by atoms with E-state index in [9.17, 15) is 13.6 Å². The molecule has 1 aromatic heterocycles. The Morgan fingerprint density at radius 1 is 1.18 bits per heavy atom. The number of rotatable bonds is 6. The highest BCUT2D eigenvalue weighted by Gasteiger charge is 2.46. The molecule has 2 rings (SSSR count). The third-order valence-corrected chi connectivity index (χ3v) is 5.22. The molecular weight excluding hydrogens is 379 g/mol. The lowest BCUT2D eigenvalue weighted by Gasteiger charge is -2.26. The van der Waals surface area contributed by atoms with Crippen molar-refractivity contribution in [2.24, 2.45) is 0 Å². The van der Waals surface area contributed by atoms with E-state index in [4.69, 9.17) is 9.05 Å². The molecule has 1 aromatic carbocycles. The zero-order valence-corrected chi connectivity index (χ0v) is 14.5. The zero-order chi connectivity index (χ0) is 16.3. The molecule has 0 atom stereocenters. The van der Waals surface area contributed by atoms with Crippen LogP contribution < -0.4 is 5.56 Å². The van der Waals surface area contributed by atoms with E-state index in [1.807, 2.05) is 0 Å². The highest BCUT2D eigenvalue weighted by Crippen LogP contribution is 2.61. The van der Waals surface area contributed by atoms with Gasteiger partial charge >= 0.3 is 5.66 Å². The first-order valence-corrected chi connectivity index (χ1v) is 8.63. The Bertz CT molecular complexity index is 717. The van der Waals surface area contributed by atoms with Crippen molar-refractivity contribution in [2.75, 3.05) is 13.2 Å². The van der Waals surface area contributed by atoms with Crippen LogP contribution in [-0.4, -0.2) is 18.2 Å². The van der Waals surface area contributed by atoms with Crippen LogP contribution in [0.25, 0.3) is 10.8 Å². The number of fused-ring (bicyclic) bond motifs is 1. The molecule has 1 heterocycles. The monoisotopic (exact) mass is 393 g/mol. The lowest BCUT2D eigenvalue weighted by molar-refractivity contribution is 0.0565. The number of alkyl halides is 2. The maximum absolute atomic E-state index is 14.7. The minimum absolute atomic E-state index is 0.131. The standard InChI is InChI=1S/C14H15BrF2NO3P/c1-3-20-22(21-4-2)14(16,17)11-5-9-7-13(19)18-8-10(9)6-12(11)15/h5-8H,3-4H2,1-2H3,(H,18,19). The number of aromatic amines is 1. The number of nitrogens with one attached hydrogen (secondary N) is 1. The summed E-state index contributed by atoms with van der Waals surface area (Å²) < 4.78 is 39.9. The van der Waals surface area contributed by atoms with Crippen LogP contribution in [0, 0.1) is 0 Å². The molecule has 0 radical (unpaired) electrons. The molecule has 0 saturated carbocycles. The van der Waals surface area contributed by atoms with Crippen molar-refractivity contribution in [2.45, 2.75) is 19.5 Å². The molecule has 4 nitrogen and oxygen atoms in total. The summed E-state index contributed by atoms with van der Waals surface area (Å²) >= 11 is 3.17. The lowest BCUT2D eigenvalue weighted by atomic mass is 10.1. The van der Waals surface area contributed by atoms with Gasteiger partial charge in [-0.15, -0.1) is 0 Å². The molecule has 0 saturated heterocycles. The first-order chi connectivity index (χ1) is 10.4. The number of H-pyrrole nitrogens is 1. The van der Waals surface area contributed by atoms with Gasteiger partial charge in [0.2, 0.25) is 5.56 Å². The van der Waals surface area contributed by atoms with Crippen LogP contribution in [-0.2, 0) is 14.7 Å². The van der Waals surface area contributed by atoms with E-state index >= 15 is 0 Å². The quantitative estimate of drug-likeness (QED) is 0.722. The van der Waals surface area contributed by atoms with Gasteiger partial charge in [-0.1, -0.05) is 15.9 Å². The Balaban J connectivity index is 2.55. The second-order valence-electron chi connectivity index (χ2n) is 4.39. The summed E-state index contributed by atoms with van der Waals surface area (Å²) in [5.74, 6) is 0. The predicted octanol–water partition coefficient (Wildman–Crippen LogP) is 4.72. The highest BCUT2D eigenvalue weighted by molar-refractivity contribution is 9.10. The molecule has 1 N–H and O–H groups in total. The third-order valence-electron chi connectivity index (χ3n) is 2.88. The Labute approximate surface area is 135 Å². The predicted molar refractivity (Wildman–Crippen MR) is 86.3 cm³/mol. The molecule has 120 valence electrons. The zero-order valence-electron chi connectivity index (χ0n) is 12.0. The van der Waals surface area contributed by atoms with Crippen LogP contribution in [0.4, 0.5) is 8.78 Å². The Morgan fingerprint density at radius 2 is 1.82 bits per heavy atom. The highest BCUT2D eigenvalue weighted by atomic mass is 79.9. The number of hydrogen-bond acceptors (Lipinski definition) is 3. The van der Waals surface area contributed by atoms with Crippen molar-refractivity contribution < 1.29 is 17.8 Å². The van der Waals surface area contributed by atoms with Crippen molar-refractivity contribution >= 4 is 35.1 Å². The van der Waals surface area contributed by atoms with E-state index in [0.29, 0.717) is 10.8 Å². The van der Waals surface area contributed by atoms with Gasteiger partial charge in [0.15, 0.2) is 0 Å². The Hall–Kier alpha value is -0.880. The van der Waals surface area contributed by atoms with Crippen molar-refractivity contribution in [1.82, 2.24) is 4.98 Å². The van der Waals surface area contributed by atoms with E-state index in [2.05, 4.69) is 20.9 Å². The van der Waals surface area contributed by atoms with Gasteiger partial charge in [0, 0.05) is 22.3 Å². The Morgan fingerprint density at radius 3 is 2.41 bits per heavy atom. The lowest BCUT2D eigenvalue weighted by Crippen LogP contribution is -2.16. The van der Waals surface area contributed by atoms with Crippen LogP contribution in [0.1, 0.15) is 19.4 Å². The minimum atomic E-state index is -3.29. The molecule has 8 heteroatoms. The number of hydrogen-bond donors (Lipinski definition) is 1.